The first-order valence-electron chi connectivity index (χ1n) is 10.4. The lowest BCUT2D eigenvalue weighted by Gasteiger charge is -2.19. The fourth-order valence-corrected chi connectivity index (χ4v) is 3.63. The maximum Gasteiger partial charge on any atom is 0.246 e. The van der Waals surface area contributed by atoms with Crippen LogP contribution in [-0.2, 0) is 15.0 Å². The molecule has 3 aromatic rings. The molecule has 0 bridgehead atoms. The molecular weight excluding hydrogens is 376 g/mol. The number of amides is 2. The molecule has 2 amide bonds. The molecule has 0 saturated heterocycles. The number of imidazole rings is 1. The zero-order valence-corrected chi connectivity index (χ0v) is 17.8. The van der Waals surface area contributed by atoms with E-state index in [1.54, 1.807) is 6.92 Å². The number of anilines is 1. The van der Waals surface area contributed by atoms with Crippen LogP contribution in [0.3, 0.4) is 0 Å². The van der Waals surface area contributed by atoms with E-state index in [9.17, 15) is 9.59 Å². The van der Waals surface area contributed by atoms with Gasteiger partial charge in [-0.1, -0.05) is 45.0 Å². The highest BCUT2D eigenvalue weighted by atomic mass is 16.2. The summed E-state index contributed by atoms with van der Waals surface area (Å²) in [6.07, 6.45) is 0.744. The van der Waals surface area contributed by atoms with Gasteiger partial charge in [-0.25, -0.2) is 4.98 Å². The summed E-state index contributed by atoms with van der Waals surface area (Å²) in [6.45, 7) is 8.15. The maximum atomic E-state index is 12.6. The third-order valence-electron chi connectivity index (χ3n) is 5.66. The number of nitrogens with zero attached hydrogens (tertiary/aromatic N) is 1. The van der Waals surface area contributed by atoms with E-state index in [4.69, 9.17) is 0 Å². The summed E-state index contributed by atoms with van der Waals surface area (Å²) in [4.78, 5) is 33.0. The zero-order valence-electron chi connectivity index (χ0n) is 17.8. The molecule has 3 N–H and O–H groups in total. The van der Waals surface area contributed by atoms with E-state index in [1.807, 2.05) is 48.5 Å². The number of rotatable bonds is 5. The molecule has 30 heavy (non-hydrogen) atoms. The Labute approximate surface area is 176 Å². The van der Waals surface area contributed by atoms with Crippen molar-refractivity contribution in [3.63, 3.8) is 0 Å². The summed E-state index contributed by atoms with van der Waals surface area (Å²) in [5.74, 6) is 0.441. The predicted octanol–water partition coefficient (Wildman–Crippen LogP) is 4.11. The number of carbonyl (C=O) groups is 2. The molecule has 0 spiro atoms. The fourth-order valence-electron chi connectivity index (χ4n) is 3.63. The molecule has 1 aromatic heterocycles. The van der Waals surface area contributed by atoms with Crippen molar-refractivity contribution in [1.82, 2.24) is 15.3 Å². The van der Waals surface area contributed by atoms with E-state index in [0.29, 0.717) is 0 Å². The highest BCUT2D eigenvalue weighted by molar-refractivity contribution is 5.97. The van der Waals surface area contributed by atoms with Gasteiger partial charge in [0, 0.05) is 17.5 Å². The van der Waals surface area contributed by atoms with Crippen molar-refractivity contribution in [3.8, 4) is 0 Å². The van der Waals surface area contributed by atoms with Crippen LogP contribution in [0.15, 0.2) is 48.5 Å². The fraction of sp³-hybridized carbons (Fsp3) is 0.375. The van der Waals surface area contributed by atoms with E-state index in [-0.39, 0.29) is 29.1 Å². The highest BCUT2D eigenvalue weighted by Gasteiger charge is 2.46. The zero-order chi connectivity index (χ0) is 21.5. The molecule has 6 nitrogen and oxygen atoms in total. The smallest absolute Gasteiger partial charge is 0.246 e. The number of hydrogen-bond donors (Lipinski definition) is 3. The van der Waals surface area contributed by atoms with Crippen LogP contribution in [0.1, 0.15) is 51.4 Å². The molecule has 1 fully saturated rings. The number of benzene rings is 2. The van der Waals surface area contributed by atoms with Crippen molar-refractivity contribution in [2.24, 2.45) is 5.92 Å². The maximum absolute atomic E-state index is 12.6. The largest absolute Gasteiger partial charge is 0.344 e. The second kappa shape index (κ2) is 7.59. The molecule has 1 aliphatic carbocycles. The Balaban J connectivity index is 1.32. The van der Waals surface area contributed by atoms with Gasteiger partial charge in [-0.2, -0.15) is 0 Å². The van der Waals surface area contributed by atoms with Gasteiger partial charge in [-0.15, -0.1) is 0 Å². The summed E-state index contributed by atoms with van der Waals surface area (Å²) in [5.41, 5.74) is 3.87. The molecule has 1 aliphatic rings. The van der Waals surface area contributed by atoms with Crippen molar-refractivity contribution in [2.45, 2.75) is 51.5 Å². The van der Waals surface area contributed by atoms with Crippen LogP contribution in [0.5, 0.6) is 0 Å². The van der Waals surface area contributed by atoms with Gasteiger partial charge in [0.25, 0.3) is 0 Å². The first kappa shape index (κ1) is 20.1. The monoisotopic (exact) mass is 404 g/mol. The molecule has 6 heteroatoms. The minimum atomic E-state index is -0.614. The van der Waals surface area contributed by atoms with Gasteiger partial charge in [0.15, 0.2) is 0 Å². The van der Waals surface area contributed by atoms with Gasteiger partial charge in [-0.05, 0) is 48.6 Å². The number of hydrogen-bond acceptors (Lipinski definition) is 3. The lowest BCUT2D eigenvalue weighted by Crippen LogP contribution is -2.42. The van der Waals surface area contributed by atoms with Crippen LogP contribution in [0.4, 0.5) is 5.69 Å². The van der Waals surface area contributed by atoms with Gasteiger partial charge in [0.05, 0.1) is 11.0 Å². The number of H-pyrrole nitrogens is 1. The minimum absolute atomic E-state index is 0.0600. The third kappa shape index (κ3) is 4.22. The molecule has 1 heterocycles. The van der Waals surface area contributed by atoms with Crippen LogP contribution in [0.2, 0.25) is 0 Å². The average Bonchev–Trinajstić information content (AvgIpc) is 3.39. The third-order valence-corrected chi connectivity index (χ3v) is 5.66. The van der Waals surface area contributed by atoms with Gasteiger partial charge >= 0.3 is 0 Å². The van der Waals surface area contributed by atoms with E-state index in [0.717, 1.165) is 29.0 Å². The molecule has 0 radical (unpaired) electrons. The van der Waals surface area contributed by atoms with E-state index in [2.05, 4.69) is 41.4 Å². The molecule has 156 valence electrons. The minimum Gasteiger partial charge on any atom is -0.344 e. The Morgan fingerprint density at radius 2 is 1.80 bits per heavy atom. The Hall–Kier alpha value is -3.15. The van der Waals surface area contributed by atoms with E-state index < -0.39 is 6.04 Å². The standard InChI is InChI=1S/C24H28N4O2/c1-14(22(29)26-16-11-9-15(10-12-16)24(2,3)4)25-23(30)18-13-17(18)21-27-19-7-5-6-8-20(19)28-21/h5-12,14,17-18H,13H2,1-4H3,(H,25,30)(H,26,29)(H,27,28)/t14-,17-,18-/m0/s1. The lowest BCUT2D eigenvalue weighted by molar-refractivity contribution is -0.127. The van der Waals surface area contributed by atoms with Crippen molar-refractivity contribution in [2.75, 3.05) is 5.32 Å². The van der Waals surface area contributed by atoms with Crippen LogP contribution in [0.25, 0.3) is 11.0 Å². The molecule has 2 aromatic carbocycles. The summed E-state index contributed by atoms with van der Waals surface area (Å²) < 4.78 is 0. The van der Waals surface area contributed by atoms with Crippen LogP contribution >= 0.6 is 0 Å². The molecule has 3 atom stereocenters. The molecular formula is C24H28N4O2. The molecule has 0 aliphatic heterocycles. The van der Waals surface area contributed by atoms with Gasteiger partial charge in [0.1, 0.15) is 11.9 Å². The lowest BCUT2D eigenvalue weighted by atomic mass is 9.87. The average molecular weight is 405 g/mol. The van der Waals surface area contributed by atoms with E-state index in [1.165, 1.54) is 5.56 Å². The molecule has 4 rings (SSSR count). The first-order valence-corrected chi connectivity index (χ1v) is 10.4. The molecule has 1 saturated carbocycles. The Kier molecular flexibility index (Phi) is 5.10. The quantitative estimate of drug-likeness (QED) is 0.598. The number of aromatic amines is 1. The van der Waals surface area contributed by atoms with Crippen molar-refractivity contribution >= 4 is 28.5 Å². The summed E-state index contributed by atoms with van der Waals surface area (Å²) >= 11 is 0. The summed E-state index contributed by atoms with van der Waals surface area (Å²) in [7, 11) is 0. The topological polar surface area (TPSA) is 86.9 Å². The Morgan fingerprint density at radius 1 is 1.10 bits per heavy atom. The van der Waals surface area contributed by atoms with E-state index >= 15 is 0 Å². The van der Waals surface area contributed by atoms with Crippen molar-refractivity contribution in [3.05, 3.63) is 59.9 Å². The Morgan fingerprint density at radius 3 is 2.47 bits per heavy atom. The van der Waals surface area contributed by atoms with Crippen LogP contribution in [-0.4, -0.2) is 27.8 Å². The van der Waals surface area contributed by atoms with Crippen molar-refractivity contribution in [1.29, 1.82) is 0 Å². The second-order valence-corrected chi connectivity index (χ2v) is 9.13. The highest BCUT2D eigenvalue weighted by Crippen LogP contribution is 2.46. The van der Waals surface area contributed by atoms with Crippen LogP contribution in [0, 0.1) is 5.92 Å². The SMILES string of the molecule is C[C@H](NC(=O)[C@H]1C[C@@H]1c1nc2ccccc2[nH]1)C(=O)Nc1ccc(C(C)(C)C)cc1. The van der Waals surface area contributed by atoms with Crippen molar-refractivity contribution < 1.29 is 9.59 Å². The number of nitrogens with one attached hydrogen (secondary N) is 3. The first-order chi connectivity index (χ1) is 14.2. The normalized spacial score (nSPS) is 19.3. The van der Waals surface area contributed by atoms with Gasteiger partial charge in [0.2, 0.25) is 11.8 Å². The number of fused-ring (bicyclic) bond motifs is 1. The summed E-state index contributed by atoms with van der Waals surface area (Å²) in [6, 6.07) is 15.0. The van der Waals surface area contributed by atoms with Crippen LogP contribution < -0.4 is 10.6 Å². The number of aromatic nitrogens is 2. The number of para-hydroxylation sites is 2. The number of carbonyl (C=O) groups excluding carboxylic acids is 2. The predicted molar refractivity (Wildman–Crippen MR) is 118 cm³/mol. The Bertz CT molecular complexity index is 1050. The molecule has 0 unspecified atom stereocenters. The van der Waals surface area contributed by atoms with Gasteiger partial charge < -0.3 is 15.6 Å². The second-order valence-electron chi connectivity index (χ2n) is 9.13. The van der Waals surface area contributed by atoms with Gasteiger partial charge in [-0.3, -0.25) is 9.59 Å². The summed E-state index contributed by atoms with van der Waals surface area (Å²) in [5, 5.41) is 5.71.